The summed E-state index contributed by atoms with van der Waals surface area (Å²) in [5, 5.41) is 0. The quantitative estimate of drug-likeness (QED) is 0.647. The highest BCUT2D eigenvalue weighted by molar-refractivity contribution is 9.10. The maximum Gasteiger partial charge on any atom is 0.0691 e. The van der Waals surface area contributed by atoms with Crippen molar-refractivity contribution in [3.8, 4) is 0 Å². The number of hydrogen-bond donors (Lipinski definition) is 0. The van der Waals surface area contributed by atoms with Gasteiger partial charge >= 0.3 is 0 Å². The van der Waals surface area contributed by atoms with Crippen LogP contribution >= 0.6 is 15.9 Å². The molecule has 0 spiro atoms. The van der Waals surface area contributed by atoms with Gasteiger partial charge in [-0.25, -0.2) is 0 Å². The molecule has 2 rings (SSSR count). The van der Waals surface area contributed by atoms with E-state index >= 15 is 0 Å². The molecule has 0 aliphatic rings. The zero-order valence-electron chi connectivity index (χ0n) is 11.8. The van der Waals surface area contributed by atoms with Crippen LogP contribution in [0.2, 0.25) is 0 Å². The molecule has 0 saturated heterocycles. The first-order valence-electron chi connectivity index (χ1n) is 6.36. The van der Waals surface area contributed by atoms with Crippen LogP contribution < -0.4 is 0 Å². The summed E-state index contributed by atoms with van der Waals surface area (Å²) in [6.45, 7) is 8.42. The van der Waals surface area contributed by atoms with Crippen LogP contribution in [0, 0.1) is 20.8 Å². The Morgan fingerprint density at radius 3 is 2.00 bits per heavy atom. The molecule has 0 amide bonds. The van der Waals surface area contributed by atoms with Crippen LogP contribution in [-0.2, 0) is 0 Å². The Kier molecular flexibility index (Phi) is 4.20. The molecule has 0 saturated carbocycles. The smallest absolute Gasteiger partial charge is 0.0691 e. The van der Waals surface area contributed by atoms with Crippen LogP contribution in [0.4, 0.5) is 5.69 Å². The van der Waals surface area contributed by atoms with Gasteiger partial charge in [-0.3, -0.25) is 4.99 Å². The monoisotopic (exact) mass is 315 g/mol. The van der Waals surface area contributed by atoms with E-state index in [1.165, 1.54) is 16.7 Å². The average Bonchev–Trinajstić information content (AvgIpc) is 2.34. The Labute approximate surface area is 123 Å². The van der Waals surface area contributed by atoms with E-state index < -0.39 is 0 Å². The lowest BCUT2D eigenvalue weighted by Crippen LogP contribution is -1.95. The molecule has 0 aromatic heterocycles. The summed E-state index contributed by atoms with van der Waals surface area (Å²) in [4.78, 5) is 4.80. The van der Waals surface area contributed by atoms with E-state index in [4.69, 9.17) is 4.99 Å². The highest BCUT2D eigenvalue weighted by Gasteiger charge is 2.04. The number of rotatable bonds is 2. The molecule has 0 aliphatic heterocycles. The van der Waals surface area contributed by atoms with Crippen molar-refractivity contribution in [3.63, 3.8) is 0 Å². The zero-order valence-corrected chi connectivity index (χ0v) is 13.4. The van der Waals surface area contributed by atoms with E-state index in [1.54, 1.807) is 0 Å². The minimum atomic E-state index is 1.04. The second kappa shape index (κ2) is 5.70. The molecule has 0 radical (unpaired) electrons. The van der Waals surface area contributed by atoms with Crippen molar-refractivity contribution in [3.05, 3.63) is 63.1 Å². The normalized spacial score (nSPS) is 11.7. The lowest BCUT2D eigenvalue weighted by Gasteiger charge is -2.08. The second-order valence-corrected chi connectivity index (χ2v) is 5.87. The van der Waals surface area contributed by atoms with Crippen molar-refractivity contribution in [1.82, 2.24) is 0 Å². The molecule has 1 nitrogen and oxygen atoms in total. The molecule has 19 heavy (non-hydrogen) atoms. The summed E-state index contributed by atoms with van der Waals surface area (Å²) in [7, 11) is 0. The first-order chi connectivity index (χ1) is 8.97. The van der Waals surface area contributed by atoms with Gasteiger partial charge in [-0.1, -0.05) is 45.8 Å². The van der Waals surface area contributed by atoms with E-state index in [2.05, 4.69) is 67.9 Å². The van der Waals surface area contributed by atoms with E-state index in [1.807, 2.05) is 12.1 Å². The average molecular weight is 316 g/mol. The number of aryl methyl sites for hydroxylation is 3. The number of hydrogen-bond acceptors (Lipinski definition) is 1. The van der Waals surface area contributed by atoms with Gasteiger partial charge in [0.2, 0.25) is 0 Å². The predicted octanol–water partition coefficient (Wildman–Crippen LogP) is 5.52. The van der Waals surface area contributed by atoms with Gasteiger partial charge in [-0.05, 0) is 56.5 Å². The molecule has 2 aromatic rings. The number of nitrogens with zero attached hydrogens (tertiary/aromatic N) is 1. The van der Waals surface area contributed by atoms with Gasteiger partial charge in [0.05, 0.1) is 5.69 Å². The van der Waals surface area contributed by atoms with E-state index in [9.17, 15) is 0 Å². The van der Waals surface area contributed by atoms with Gasteiger partial charge in [0.25, 0.3) is 0 Å². The largest absolute Gasteiger partial charge is 0.253 e. The maximum atomic E-state index is 4.80. The minimum Gasteiger partial charge on any atom is -0.253 e. The fraction of sp³-hybridized carbons (Fsp3) is 0.235. The predicted molar refractivity (Wildman–Crippen MR) is 86.7 cm³/mol. The highest BCUT2D eigenvalue weighted by Crippen LogP contribution is 2.26. The van der Waals surface area contributed by atoms with Crippen molar-refractivity contribution in [2.45, 2.75) is 27.7 Å². The lowest BCUT2D eigenvalue weighted by molar-refractivity contribution is 1.28. The Bertz CT molecular complexity index is 601. The molecule has 0 aliphatic carbocycles. The third-order valence-electron chi connectivity index (χ3n) is 3.18. The van der Waals surface area contributed by atoms with Gasteiger partial charge in [-0.2, -0.15) is 0 Å². The molecule has 0 unspecified atom stereocenters. The molecule has 2 aromatic carbocycles. The van der Waals surface area contributed by atoms with Crippen LogP contribution in [0.1, 0.15) is 29.2 Å². The van der Waals surface area contributed by atoms with Crippen LogP contribution in [0.3, 0.4) is 0 Å². The molecular formula is C17H18BrN. The topological polar surface area (TPSA) is 12.4 Å². The summed E-state index contributed by atoms with van der Waals surface area (Å²) < 4.78 is 1.09. The molecule has 2 heteroatoms. The van der Waals surface area contributed by atoms with Crippen molar-refractivity contribution in [1.29, 1.82) is 0 Å². The number of halogens is 1. The van der Waals surface area contributed by atoms with Crippen molar-refractivity contribution >= 4 is 27.3 Å². The summed E-state index contributed by atoms with van der Waals surface area (Å²) in [5.41, 5.74) is 7.04. The number of benzene rings is 2. The zero-order chi connectivity index (χ0) is 14.0. The van der Waals surface area contributed by atoms with Gasteiger partial charge in [0, 0.05) is 10.2 Å². The van der Waals surface area contributed by atoms with E-state index in [0.29, 0.717) is 0 Å². The fourth-order valence-corrected chi connectivity index (χ4v) is 2.54. The summed E-state index contributed by atoms with van der Waals surface area (Å²) in [6.07, 6.45) is 0. The van der Waals surface area contributed by atoms with Gasteiger partial charge < -0.3 is 0 Å². The minimum absolute atomic E-state index is 1.04. The number of aliphatic imine (C=N–C) groups is 1. The Balaban J connectivity index is 2.43. The maximum absolute atomic E-state index is 4.80. The van der Waals surface area contributed by atoms with Gasteiger partial charge in [0.1, 0.15) is 0 Å². The lowest BCUT2D eigenvalue weighted by atomic mass is 10.0. The van der Waals surface area contributed by atoms with Crippen molar-refractivity contribution in [2.75, 3.05) is 0 Å². The van der Waals surface area contributed by atoms with Crippen LogP contribution in [0.25, 0.3) is 0 Å². The summed E-state index contributed by atoms with van der Waals surface area (Å²) in [6, 6.07) is 12.6. The van der Waals surface area contributed by atoms with Crippen molar-refractivity contribution < 1.29 is 0 Å². The van der Waals surface area contributed by atoms with Crippen LogP contribution in [0.5, 0.6) is 0 Å². The third-order valence-corrected chi connectivity index (χ3v) is 3.71. The Hall–Kier alpha value is -1.41. The Morgan fingerprint density at radius 2 is 1.47 bits per heavy atom. The molecule has 0 bridgehead atoms. The van der Waals surface area contributed by atoms with Crippen molar-refractivity contribution in [2.24, 2.45) is 4.99 Å². The first kappa shape index (κ1) is 14.0. The third kappa shape index (κ3) is 3.32. The Morgan fingerprint density at radius 1 is 0.947 bits per heavy atom. The summed E-state index contributed by atoms with van der Waals surface area (Å²) >= 11 is 3.45. The standard InChI is InChI=1S/C17H18BrN/c1-11-9-12(2)17(13(3)10-11)19-14(4)15-5-7-16(18)8-6-15/h5-10H,1-4H3. The second-order valence-electron chi connectivity index (χ2n) is 4.95. The van der Waals surface area contributed by atoms with Gasteiger partial charge in [0.15, 0.2) is 0 Å². The van der Waals surface area contributed by atoms with Crippen LogP contribution in [-0.4, -0.2) is 5.71 Å². The highest BCUT2D eigenvalue weighted by atomic mass is 79.9. The molecule has 0 atom stereocenters. The summed E-state index contributed by atoms with van der Waals surface area (Å²) in [5.74, 6) is 0. The molecule has 0 fully saturated rings. The molecule has 98 valence electrons. The van der Waals surface area contributed by atoms with Gasteiger partial charge in [-0.15, -0.1) is 0 Å². The molecule has 0 N–H and O–H groups in total. The van der Waals surface area contributed by atoms with E-state index in [-0.39, 0.29) is 0 Å². The SMILES string of the molecule is CC(=Nc1c(C)cc(C)cc1C)c1ccc(Br)cc1. The van der Waals surface area contributed by atoms with E-state index in [0.717, 1.165) is 21.4 Å². The molecule has 0 heterocycles. The fourth-order valence-electron chi connectivity index (χ4n) is 2.27. The molecular weight excluding hydrogens is 298 g/mol. The van der Waals surface area contributed by atoms with Crippen LogP contribution in [0.15, 0.2) is 45.9 Å². The first-order valence-corrected chi connectivity index (χ1v) is 7.16.